The molecule has 3 rings (SSSR count). The number of amides is 2. The van der Waals surface area contributed by atoms with Crippen molar-refractivity contribution in [3.63, 3.8) is 0 Å². The number of morpholine rings is 1. The number of carbonyl (C=O) groups is 2. The van der Waals surface area contributed by atoms with Crippen LogP contribution in [-0.4, -0.2) is 53.5 Å². The Morgan fingerprint density at radius 3 is 2.28 bits per heavy atom. The molecule has 2 aliphatic heterocycles. The van der Waals surface area contributed by atoms with Crippen molar-refractivity contribution in [3.8, 4) is 0 Å². The van der Waals surface area contributed by atoms with Crippen LogP contribution < -0.4 is 0 Å². The van der Waals surface area contributed by atoms with Crippen molar-refractivity contribution in [2.75, 3.05) is 19.6 Å². The van der Waals surface area contributed by atoms with Crippen LogP contribution in [0.1, 0.15) is 37.5 Å². The van der Waals surface area contributed by atoms with E-state index in [2.05, 4.69) is 6.07 Å². The van der Waals surface area contributed by atoms with Gasteiger partial charge in [0, 0.05) is 19.6 Å². The Balaban J connectivity index is 2.14. The lowest BCUT2D eigenvalue weighted by atomic mass is 9.97. The number of imide groups is 1. The van der Waals surface area contributed by atoms with Gasteiger partial charge in [0.05, 0.1) is 17.8 Å². The molecule has 0 bridgehead atoms. The third-order valence-corrected chi connectivity index (χ3v) is 4.85. The van der Waals surface area contributed by atoms with Gasteiger partial charge in [-0.2, -0.15) is 0 Å². The van der Waals surface area contributed by atoms with Crippen LogP contribution in [0.2, 0.25) is 0 Å². The number of benzene rings is 1. The van der Waals surface area contributed by atoms with E-state index in [0.29, 0.717) is 30.9 Å². The van der Waals surface area contributed by atoms with E-state index in [1.807, 2.05) is 51.7 Å². The molecular formula is C20H26N2O3. The molecule has 134 valence electrons. The van der Waals surface area contributed by atoms with E-state index < -0.39 is 0 Å². The lowest BCUT2D eigenvalue weighted by molar-refractivity contribution is -0.138. The van der Waals surface area contributed by atoms with Gasteiger partial charge in [-0.25, -0.2) is 0 Å². The summed E-state index contributed by atoms with van der Waals surface area (Å²) >= 11 is 0. The van der Waals surface area contributed by atoms with Crippen LogP contribution in [0.15, 0.2) is 23.9 Å². The maximum Gasteiger partial charge on any atom is 0.277 e. The summed E-state index contributed by atoms with van der Waals surface area (Å²) in [6.45, 7) is 11.5. The second-order valence-electron chi connectivity index (χ2n) is 7.06. The molecule has 1 aromatic rings. The summed E-state index contributed by atoms with van der Waals surface area (Å²) < 4.78 is 5.80. The van der Waals surface area contributed by atoms with E-state index in [1.54, 1.807) is 0 Å². The Labute approximate surface area is 149 Å². The summed E-state index contributed by atoms with van der Waals surface area (Å²) in [5, 5.41) is 0. The minimum atomic E-state index is -0.193. The summed E-state index contributed by atoms with van der Waals surface area (Å²) in [5.41, 5.74) is 4.07. The fourth-order valence-corrected chi connectivity index (χ4v) is 3.84. The molecule has 2 amide bonds. The lowest BCUT2D eigenvalue weighted by Crippen LogP contribution is -2.46. The molecule has 0 spiro atoms. The zero-order valence-electron chi connectivity index (χ0n) is 15.6. The van der Waals surface area contributed by atoms with Crippen LogP contribution in [0.3, 0.4) is 0 Å². The molecule has 2 unspecified atom stereocenters. The van der Waals surface area contributed by atoms with Crippen molar-refractivity contribution < 1.29 is 14.3 Å². The number of carbonyl (C=O) groups excluding carboxylic acids is 2. The summed E-state index contributed by atoms with van der Waals surface area (Å²) in [6.07, 6.45) is 0.0467. The van der Waals surface area contributed by atoms with Crippen LogP contribution in [-0.2, 0) is 14.3 Å². The fourth-order valence-electron chi connectivity index (χ4n) is 3.84. The van der Waals surface area contributed by atoms with E-state index in [9.17, 15) is 9.59 Å². The molecule has 2 heterocycles. The molecule has 0 saturated carbocycles. The minimum absolute atomic E-state index is 0.0233. The molecule has 1 aromatic carbocycles. The maximum atomic E-state index is 13.0. The van der Waals surface area contributed by atoms with Crippen molar-refractivity contribution >= 4 is 17.4 Å². The molecule has 1 fully saturated rings. The Morgan fingerprint density at radius 2 is 1.72 bits per heavy atom. The van der Waals surface area contributed by atoms with Crippen molar-refractivity contribution in [2.45, 2.75) is 46.8 Å². The molecule has 5 heteroatoms. The van der Waals surface area contributed by atoms with Crippen LogP contribution in [0.5, 0.6) is 0 Å². The van der Waals surface area contributed by atoms with Gasteiger partial charge in [0.1, 0.15) is 5.70 Å². The first-order valence-corrected chi connectivity index (χ1v) is 8.92. The van der Waals surface area contributed by atoms with Gasteiger partial charge in [-0.05, 0) is 45.7 Å². The minimum Gasteiger partial charge on any atom is -0.372 e. The highest BCUT2D eigenvalue weighted by molar-refractivity contribution is 6.35. The average Bonchev–Trinajstić information content (AvgIpc) is 2.77. The third kappa shape index (κ3) is 3.09. The van der Waals surface area contributed by atoms with Gasteiger partial charge in [-0.3, -0.25) is 14.5 Å². The first-order valence-electron chi connectivity index (χ1n) is 8.92. The second-order valence-corrected chi connectivity index (χ2v) is 7.06. The predicted molar refractivity (Wildman–Crippen MR) is 96.8 cm³/mol. The van der Waals surface area contributed by atoms with Crippen LogP contribution in [0.25, 0.3) is 5.57 Å². The van der Waals surface area contributed by atoms with Gasteiger partial charge in [0.2, 0.25) is 0 Å². The van der Waals surface area contributed by atoms with Gasteiger partial charge in [0.15, 0.2) is 0 Å². The highest BCUT2D eigenvalue weighted by Crippen LogP contribution is 2.34. The van der Waals surface area contributed by atoms with Gasteiger partial charge in [0.25, 0.3) is 11.8 Å². The van der Waals surface area contributed by atoms with E-state index in [-0.39, 0.29) is 24.0 Å². The quantitative estimate of drug-likeness (QED) is 0.792. The highest BCUT2D eigenvalue weighted by atomic mass is 16.5. The number of hydrogen-bond acceptors (Lipinski definition) is 4. The predicted octanol–water partition coefficient (Wildman–Crippen LogP) is 2.51. The molecule has 5 nitrogen and oxygen atoms in total. The Hall–Kier alpha value is -2.14. The molecule has 1 saturated heterocycles. The number of rotatable bonds is 3. The number of nitrogens with zero attached hydrogens (tertiary/aromatic N) is 2. The average molecular weight is 342 g/mol. The highest BCUT2D eigenvalue weighted by Gasteiger charge is 2.42. The maximum absolute atomic E-state index is 13.0. The molecule has 0 N–H and O–H groups in total. The first kappa shape index (κ1) is 17.7. The molecule has 0 radical (unpaired) electrons. The molecule has 0 aromatic heterocycles. The van der Waals surface area contributed by atoms with E-state index in [1.165, 1.54) is 4.90 Å². The van der Waals surface area contributed by atoms with E-state index in [0.717, 1.165) is 16.7 Å². The Kier molecular flexibility index (Phi) is 4.69. The van der Waals surface area contributed by atoms with Gasteiger partial charge < -0.3 is 9.64 Å². The van der Waals surface area contributed by atoms with Crippen molar-refractivity contribution in [1.29, 1.82) is 0 Å². The first-order chi connectivity index (χ1) is 11.8. The van der Waals surface area contributed by atoms with Crippen LogP contribution in [0, 0.1) is 13.8 Å². The fraction of sp³-hybridized carbons (Fsp3) is 0.500. The zero-order chi connectivity index (χ0) is 18.3. The smallest absolute Gasteiger partial charge is 0.277 e. The van der Waals surface area contributed by atoms with Crippen molar-refractivity contribution in [3.05, 3.63) is 40.6 Å². The standard InChI is InChI=1S/C20H26N2O3/c1-6-22-19(23)17(16-8-7-12(2)9-13(16)3)18(20(22)24)21-10-14(4)25-15(5)11-21/h7-9,14-15H,6,10-11H2,1-5H3. The molecule has 25 heavy (non-hydrogen) atoms. The molecule has 2 aliphatic rings. The summed E-state index contributed by atoms with van der Waals surface area (Å²) in [4.78, 5) is 29.3. The van der Waals surface area contributed by atoms with Crippen molar-refractivity contribution in [2.24, 2.45) is 0 Å². The monoisotopic (exact) mass is 342 g/mol. The zero-order valence-corrected chi connectivity index (χ0v) is 15.6. The van der Waals surface area contributed by atoms with Gasteiger partial charge in [-0.1, -0.05) is 23.8 Å². The van der Waals surface area contributed by atoms with Gasteiger partial charge >= 0.3 is 0 Å². The molecular weight excluding hydrogens is 316 g/mol. The summed E-state index contributed by atoms with van der Waals surface area (Å²) in [6, 6.07) is 6.00. The van der Waals surface area contributed by atoms with Crippen LogP contribution >= 0.6 is 0 Å². The molecule has 2 atom stereocenters. The van der Waals surface area contributed by atoms with E-state index in [4.69, 9.17) is 4.74 Å². The number of likely N-dealkylation sites (N-methyl/N-ethyl adjacent to an activating group) is 1. The largest absolute Gasteiger partial charge is 0.372 e. The lowest BCUT2D eigenvalue weighted by Gasteiger charge is -2.37. The SMILES string of the molecule is CCN1C(=O)C(c2ccc(C)cc2C)=C(N2CC(C)OC(C)C2)C1=O. The topological polar surface area (TPSA) is 49.9 Å². The number of ether oxygens (including phenoxy) is 1. The summed E-state index contributed by atoms with van der Waals surface area (Å²) in [5.74, 6) is -0.384. The third-order valence-electron chi connectivity index (χ3n) is 4.85. The second kappa shape index (κ2) is 6.64. The Bertz CT molecular complexity index is 743. The van der Waals surface area contributed by atoms with Gasteiger partial charge in [-0.15, -0.1) is 0 Å². The summed E-state index contributed by atoms with van der Waals surface area (Å²) in [7, 11) is 0. The Morgan fingerprint density at radius 1 is 1.08 bits per heavy atom. The van der Waals surface area contributed by atoms with Crippen LogP contribution in [0.4, 0.5) is 0 Å². The molecule has 0 aliphatic carbocycles. The normalized spacial score (nSPS) is 24.5. The number of aryl methyl sites for hydroxylation is 2. The van der Waals surface area contributed by atoms with E-state index >= 15 is 0 Å². The van der Waals surface area contributed by atoms with Crippen molar-refractivity contribution in [1.82, 2.24) is 9.80 Å². The number of hydrogen-bond donors (Lipinski definition) is 0.